The van der Waals surface area contributed by atoms with E-state index in [1.165, 1.54) is 23.3 Å². The Morgan fingerprint density at radius 2 is 2.19 bits per heavy atom. The van der Waals surface area contributed by atoms with Crippen molar-refractivity contribution in [2.24, 2.45) is 4.99 Å². The normalized spacial score (nSPS) is 17.3. The Labute approximate surface area is 158 Å². The topological polar surface area (TPSA) is 52.6 Å². The van der Waals surface area contributed by atoms with Crippen molar-refractivity contribution in [1.82, 2.24) is 15.6 Å². The molecule has 1 aromatic heterocycles. The monoisotopic (exact) mass is 373 g/mol. The van der Waals surface area contributed by atoms with Crippen molar-refractivity contribution < 1.29 is 8.78 Å². The molecule has 0 aliphatic carbocycles. The molecule has 1 fully saturated rings. The van der Waals surface area contributed by atoms with Gasteiger partial charge in [0.2, 0.25) is 0 Å². The Morgan fingerprint density at radius 1 is 1.33 bits per heavy atom. The SMILES string of the molecule is CN=C(NCCc1ccncc1C)NC1CCN(c2ccc(F)cc2F)C1. The van der Waals surface area contributed by atoms with Crippen LogP contribution in [0.1, 0.15) is 17.5 Å². The lowest BCUT2D eigenvalue weighted by molar-refractivity contribution is 0.580. The molecule has 2 N–H and O–H groups in total. The minimum atomic E-state index is -0.556. The minimum Gasteiger partial charge on any atom is -0.367 e. The summed E-state index contributed by atoms with van der Waals surface area (Å²) in [6.45, 7) is 4.17. The van der Waals surface area contributed by atoms with Gasteiger partial charge < -0.3 is 15.5 Å². The van der Waals surface area contributed by atoms with Crippen LogP contribution in [-0.4, -0.2) is 43.7 Å². The second-order valence-corrected chi connectivity index (χ2v) is 6.72. The molecule has 0 radical (unpaired) electrons. The maximum Gasteiger partial charge on any atom is 0.191 e. The zero-order valence-electron chi connectivity index (χ0n) is 15.7. The summed E-state index contributed by atoms with van der Waals surface area (Å²) in [6.07, 6.45) is 5.41. The van der Waals surface area contributed by atoms with E-state index in [1.807, 2.05) is 17.2 Å². The number of aliphatic imine (C=N–C) groups is 1. The van der Waals surface area contributed by atoms with Crippen molar-refractivity contribution >= 4 is 11.6 Å². The van der Waals surface area contributed by atoms with Gasteiger partial charge in [-0.2, -0.15) is 0 Å². The second kappa shape index (κ2) is 8.79. The molecule has 7 heteroatoms. The first-order valence-electron chi connectivity index (χ1n) is 9.13. The highest BCUT2D eigenvalue weighted by Gasteiger charge is 2.25. The average Bonchev–Trinajstić information content (AvgIpc) is 3.10. The van der Waals surface area contributed by atoms with E-state index in [0.29, 0.717) is 18.8 Å². The van der Waals surface area contributed by atoms with Crippen LogP contribution in [-0.2, 0) is 6.42 Å². The number of aryl methyl sites for hydroxylation is 1. The molecule has 0 spiro atoms. The summed E-state index contributed by atoms with van der Waals surface area (Å²) in [4.78, 5) is 10.3. The van der Waals surface area contributed by atoms with Gasteiger partial charge in [-0.15, -0.1) is 0 Å². The summed E-state index contributed by atoms with van der Waals surface area (Å²) in [5.74, 6) is -0.349. The lowest BCUT2D eigenvalue weighted by Crippen LogP contribution is -2.45. The molecule has 0 saturated carbocycles. The van der Waals surface area contributed by atoms with Crippen LogP contribution in [0, 0.1) is 18.6 Å². The van der Waals surface area contributed by atoms with Gasteiger partial charge in [-0.25, -0.2) is 8.78 Å². The van der Waals surface area contributed by atoms with Gasteiger partial charge in [0.1, 0.15) is 11.6 Å². The summed E-state index contributed by atoms with van der Waals surface area (Å²) in [5, 5.41) is 6.71. The zero-order chi connectivity index (χ0) is 19.2. The van der Waals surface area contributed by atoms with E-state index < -0.39 is 11.6 Å². The number of aromatic nitrogens is 1. The molecule has 1 aromatic carbocycles. The van der Waals surface area contributed by atoms with E-state index in [9.17, 15) is 8.78 Å². The van der Waals surface area contributed by atoms with Gasteiger partial charge in [0.15, 0.2) is 5.96 Å². The molecule has 5 nitrogen and oxygen atoms in total. The van der Waals surface area contributed by atoms with E-state index >= 15 is 0 Å². The van der Waals surface area contributed by atoms with Crippen molar-refractivity contribution in [1.29, 1.82) is 0 Å². The Bertz CT molecular complexity index is 809. The van der Waals surface area contributed by atoms with Gasteiger partial charge in [0.25, 0.3) is 0 Å². The molecule has 1 saturated heterocycles. The number of hydrogen-bond acceptors (Lipinski definition) is 3. The first-order chi connectivity index (χ1) is 13.1. The van der Waals surface area contributed by atoms with Crippen molar-refractivity contribution in [3.05, 3.63) is 59.4 Å². The smallest absolute Gasteiger partial charge is 0.191 e. The molecule has 27 heavy (non-hydrogen) atoms. The summed E-state index contributed by atoms with van der Waals surface area (Å²) >= 11 is 0. The summed E-state index contributed by atoms with van der Waals surface area (Å²) in [6, 6.07) is 5.90. The molecule has 0 amide bonds. The van der Waals surface area contributed by atoms with Gasteiger partial charge >= 0.3 is 0 Å². The molecular weight excluding hydrogens is 348 g/mol. The van der Waals surface area contributed by atoms with Gasteiger partial charge in [-0.05, 0) is 49.1 Å². The third-order valence-corrected chi connectivity index (χ3v) is 4.83. The van der Waals surface area contributed by atoms with Gasteiger partial charge in [-0.1, -0.05) is 0 Å². The van der Waals surface area contributed by atoms with Crippen LogP contribution in [0.3, 0.4) is 0 Å². The standard InChI is InChI=1S/C20H25F2N5/c1-14-12-24-8-5-15(14)6-9-25-20(23-2)26-17-7-10-27(13-17)19-4-3-16(21)11-18(19)22/h3-5,8,11-12,17H,6-7,9-10,13H2,1-2H3,(H2,23,25,26). The predicted octanol–water partition coefficient (Wildman–Crippen LogP) is 2.65. The first-order valence-corrected chi connectivity index (χ1v) is 9.13. The third-order valence-electron chi connectivity index (χ3n) is 4.83. The van der Waals surface area contributed by atoms with Crippen molar-refractivity contribution in [2.75, 3.05) is 31.6 Å². The van der Waals surface area contributed by atoms with Crippen molar-refractivity contribution in [3.63, 3.8) is 0 Å². The molecule has 2 heterocycles. The quantitative estimate of drug-likeness (QED) is 0.625. The number of pyridine rings is 1. The maximum absolute atomic E-state index is 14.0. The number of guanidine groups is 1. The maximum atomic E-state index is 14.0. The summed E-state index contributed by atoms with van der Waals surface area (Å²) in [5.41, 5.74) is 2.87. The minimum absolute atomic E-state index is 0.156. The van der Waals surface area contributed by atoms with E-state index in [4.69, 9.17) is 0 Å². The fraction of sp³-hybridized carbons (Fsp3) is 0.400. The molecular formula is C20H25F2N5. The summed E-state index contributed by atoms with van der Waals surface area (Å²) < 4.78 is 27.1. The number of benzene rings is 1. The lowest BCUT2D eigenvalue weighted by atomic mass is 10.1. The van der Waals surface area contributed by atoms with Crippen LogP contribution in [0.15, 0.2) is 41.7 Å². The number of nitrogens with zero attached hydrogens (tertiary/aromatic N) is 3. The van der Waals surface area contributed by atoms with E-state index in [2.05, 4.69) is 27.5 Å². The van der Waals surface area contributed by atoms with Gasteiger partial charge in [0.05, 0.1) is 5.69 Å². The van der Waals surface area contributed by atoms with E-state index in [0.717, 1.165) is 31.4 Å². The Morgan fingerprint density at radius 3 is 2.93 bits per heavy atom. The highest BCUT2D eigenvalue weighted by molar-refractivity contribution is 5.80. The molecule has 1 atom stereocenters. The summed E-state index contributed by atoms with van der Waals surface area (Å²) in [7, 11) is 1.74. The number of rotatable bonds is 5. The number of hydrogen-bond donors (Lipinski definition) is 2. The van der Waals surface area contributed by atoms with Crippen LogP contribution in [0.5, 0.6) is 0 Å². The fourth-order valence-electron chi connectivity index (χ4n) is 3.32. The molecule has 2 aromatic rings. The largest absolute Gasteiger partial charge is 0.367 e. The van der Waals surface area contributed by atoms with Crippen LogP contribution in [0.2, 0.25) is 0 Å². The van der Waals surface area contributed by atoms with Crippen molar-refractivity contribution in [2.45, 2.75) is 25.8 Å². The molecule has 1 aliphatic rings. The first kappa shape index (κ1) is 19.1. The molecule has 1 aliphatic heterocycles. The van der Waals surface area contributed by atoms with Gasteiger partial charge in [-0.3, -0.25) is 9.98 Å². The highest BCUT2D eigenvalue weighted by atomic mass is 19.1. The molecule has 0 bridgehead atoms. The van der Waals surface area contributed by atoms with Crippen molar-refractivity contribution in [3.8, 4) is 0 Å². The number of nitrogens with one attached hydrogen (secondary N) is 2. The average molecular weight is 373 g/mol. The van der Waals surface area contributed by atoms with Crippen LogP contribution in [0.4, 0.5) is 14.5 Å². The third kappa shape index (κ3) is 4.93. The van der Waals surface area contributed by atoms with Crippen LogP contribution < -0.4 is 15.5 Å². The molecule has 3 rings (SSSR count). The van der Waals surface area contributed by atoms with E-state index in [1.54, 1.807) is 13.2 Å². The zero-order valence-corrected chi connectivity index (χ0v) is 15.7. The predicted molar refractivity (Wildman–Crippen MR) is 104 cm³/mol. The Kier molecular flexibility index (Phi) is 6.21. The van der Waals surface area contributed by atoms with Crippen LogP contribution in [0.25, 0.3) is 0 Å². The van der Waals surface area contributed by atoms with Crippen LogP contribution >= 0.6 is 0 Å². The second-order valence-electron chi connectivity index (χ2n) is 6.72. The number of halogens is 2. The molecule has 144 valence electrons. The van der Waals surface area contributed by atoms with Gasteiger partial charge in [0, 0.05) is 51.2 Å². The molecule has 1 unspecified atom stereocenters. The Balaban J connectivity index is 1.50. The van der Waals surface area contributed by atoms with E-state index in [-0.39, 0.29) is 6.04 Å². The highest BCUT2D eigenvalue weighted by Crippen LogP contribution is 2.24. The Hall–Kier alpha value is -2.70. The lowest BCUT2D eigenvalue weighted by Gasteiger charge is -2.21. The fourth-order valence-corrected chi connectivity index (χ4v) is 3.32. The number of anilines is 1.